The lowest BCUT2D eigenvalue weighted by Crippen LogP contribution is -2.25. The van der Waals surface area contributed by atoms with E-state index in [1.165, 1.54) is 28.7 Å². The lowest BCUT2D eigenvalue weighted by atomic mass is 10.2. The summed E-state index contributed by atoms with van der Waals surface area (Å²) in [6, 6.07) is 6.62. The molecule has 26 heavy (non-hydrogen) atoms. The van der Waals surface area contributed by atoms with Gasteiger partial charge >= 0.3 is 5.91 Å². The maximum absolute atomic E-state index is 13.9. The molecule has 2 aromatic heterocycles. The number of hydrogen-bond acceptors (Lipinski definition) is 5. The molecule has 0 saturated heterocycles. The monoisotopic (exact) mass is 388 g/mol. The van der Waals surface area contributed by atoms with Crippen LogP contribution < -0.4 is 4.80 Å². The number of nitrogens with zero attached hydrogens (tertiary/aromatic N) is 4. The Morgan fingerprint density at radius 1 is 1.38 bits per heavy atom. The zero-order valence-electron chi connectivity index (χ0n) is 14.2. The van der Waals surface area contributed by atoms with Gasteiger partial charge in [0, 0.05) is 41.5 Å². The van der Waals surface area contributed by atoms with Crippen LogP contribution in [0.3, 0.4) is 0 Å². The highest BCUT2D eigenvalue weighted by atomic mass is 32.1. The molecular formula is C18H17FN4OS2. The molecular weight excluding hydrogens is 371 g/mol. The standard InChI is InChI=1S/C18H17FN4OS2/c1-22-7-6-14-15(11-22)26-17(20-14)16(24)21-18-23(8-9-25-18)10-12-4-2-3-5-13(12)19/h2-5,8-9H,6-7,10-11H2,1H3. The van der Waals surface area contributed by atoms with Crippen molar-refractivity contribution in [3.05, 3.63) is 67.6 Å². The van der Waals surface area contributed by atoms with E-state index >= 15 is 0 Å². The maximum Gasteiger partial charge on any atom is 0.308 e. The molecule has 0 saturated carbocycles. The van der Waals surface area contributed by atoms with Crippen molar-refractivity contribution in [3.63, 3.8) is 0 Å². The Labute approximate surface area is 158 Å². The summed E-state index contributed by atoms with van der Waals surface area (Å²) in [4.78, 5) is 25.2. The number of aromatic nitrogens is 2. The zero-order valence-corrected chi connectivity index (χ0v) is 15.8. The SMILES string of the molecule is CN1CCc2nc(C(=O)N=c3sccn3Cc3ccccc3F)sc2C1. The van der Waals surface area contributed by atoms with Crippen LogP contribution in [0.25, 0.3) is 0 Å². The Morgan fingerprint density at radius 2 is 2.23 bits per heavy atom. The summed E-state index contributed by atoms with van der Waals surface area (Å²) < 4.78 is 15.7. The van der Waals surface area contributed by atoms with Crippen molar-refractivity contribution in [1.29, 1.82) is 0 Å². The fraction of sp³-hybridized carbons (Fsp3) is 0.278. The van der Waals surface area contributed by atoms with E-state index in [-0.39, 0.29) is 11.7 Å². The molecule has 0 radical (unpaired) electrons. The number of hydrogen-bond donors (Lipinski definition) is 0. The van der Waals surface area contributed by atoms with Gasteiger partial charge in [-0.25, -0.2) is 9.37 Å². The van der Waals surface area contributed by atoms with Crippen LogP contribution in [0.2, 0.25) is 0 Å². The lowest BCUT2D eigenvalue weighted by molar-refractivity contribution is 0.0997. The van der Waals surface area contributed by atoms with E-state index in [1.807, 2.05) is 11.6 Å². The van der Waals surface area contributed by atoms with E-state index in [2.05, 4.69) is 21.9 Å². The Hall–Kier alpha value is -2.16. The Bertz CT molecular complexity index is 1020. The number of amides is 1. The smallest absolute Gasteiger partial charge is 0.308 e. The van der Waals surface area contributed by atoms with E-state index in [4.69, 9.17) is 0 Å². The van der Waals surface area contributed by atoms with Gasteiger partial charge in [-0.05, 0) is 13.1 Å². The predicted octanol–water partition coefficient (Wildman–Crippen LogP) is 2.92. The van der Waals surface area contributed by atoms with Gasteiger partial charge in [-0.2, -0.15) is 4.99 Å². The second-order valence-electron chi connectivity index (χ2n) is 6.20. The van der Waals surface area contributed by atoms with E-state index in [9.17, 15) is 9.18 Å². The van der Waals surface area contributed by atoms with E-state index in [1.54, 1.807) is 22.8 Å². The molecule has 0 fully saturated rings. The zero-order chi connectivity index (χ0) is 18.1. The number of fused-ring (bicyclic) bond motifs is 1. The normalized spacial score (nSPS) is 15.2. The molecule has 3 aromatic rings. The number of likely N-dealkylation sites (N-methyl/N-ethyl adjacent to an activating group) is 1. The van der Waals surface area contributed by atoms with Crippen LogP contribution in [0.4, 0.5) is 4.39 Å². The summed E-state index contributed by atoms with van der Waals surface area (Å²) in [5.74, 6) is -0.600. The topological polar surface area (TPSA) is 50.5 Å². The molecule has 0 unspecified atom stereocenters. The fourth-order valence-electron chi connectivity index (χ4n) is 2.87. The van der Waals surface area contributed by atoms with E-state index < -0.39 is 0 Å². The van der Waals surface area contributed by atoms with Crippen molar-refractivity contribution in [2.45, 2.75) is 19.5 Å². The van der Waals surface area contributed by atoms with Gasteiger partial charge in [0.25, 0.3) is 0 Å². The molecule has 1 aliphatic heterocycles. The lowest BCUT2D eigenvalue weighted by Gasteiger charge is -2.20. The van der Waals surface area contributed by atoms with Gasteiger partial charge in [0.05, 0.1) is 12.2 Å². The molecule has 0 bridgehead atoms. The molecule has 4 rings (SSSR count). The van der Waals surface area contributed by atoms with Gasteiger partial charge in [-0.3, -0.25) is 4.79 Å². The van der Waals surface area contributed by atoms with E-state index in [0.29, 0.717) is 21.9 Å². The first-order valence-electron chi connectivity index (χ1n) is 8.23. The minimum atomic E-state index is -0.336. The average Bonchev–Trinajstić information content (AvgIpc) is 3.23. The number of carbonyl (C=O) groups excluding carboxylic acids is 1. The first-order chi connectivity index (χ1) is 12.6. The van der Waals surface area contributed by atoms with Crippen LogP contribution in [-0.2, 0) is 19.5 Å². The van der Waals surface area contributed by atoms with Gasteiger partial charge in [-0.15, -0.1) is 22.7 Å². The van der Waals surface area contributed by atoms with Gasteiger partial charge < -0.3 is 9.47 Å². The van der Waals surface area contributed by atoms with Crippen LogP contribution >= 0.6 is 22.7 Å². The van der Waals surface area contributed by atoms with E-state index in [0.717, 1.165) is 30.1 Å². The molecule has 8 heteroatoms. The van der Waals surface area contributed by atoms with Gasteiger partial charge in [-0.1, -0.05) is 18.2 Å². The second kappa shape index (κ2) is 7.22. The molecule has 1 aliphatic rings. The number of thiazole rings is 2. The Kier molecular flexibility index (Phi) is 4.80. The largest absolute Gasteiger partial charge is 0.319 e. The van der Waals surface area contributed by atoms with Crippen LogP contribution in [0, 0.1) is 5.82 Å². The highest BCUT2D eigenvalue weighted by Gasteiger charge is 2.21. The average molecular weight is 388 g/mol. The van der Waals surface area contributed by atoms with Crippen LogP contribution in [0.15, 0.2) is 40.8 Å². The molecule has 3 heterocycles. The van der Waals surface area contributed by atoms with Crippen molar-refractivity contribution < 1.29 is 9.18 Å². The van der Waals surface area contributed by atoms with Crippen molar-refractivity contribution in [2.24, 2.45) is 4.99 Å². The summed E-state index contributed by atoms with van der Waals surface area (Å²) in [5, 5.41) is 2.27. The molecule has 1 amide bonds. The molecule has 134 valence electrons. The van der Waals surface area contributed by atoms with Crippen molar-refractivity contribution in [2.75, 3.05) is 13.6 Å². The van der Waals surface area contributed by atoms with Gasteiger partial charge in [0.15, 0.2) is 9.81 Å². The minimum Gasteiger partial charge on any atom is -0.319 e. The third-order valence-corrected chi connectivity index (χ3v) is 6.13. The summed E-state index contributed by atoms with van der Waals surface area (Å²) >= 11 is 2.78. The maximum atomic E-state index is 13.9. The van der Waals surface area contributed by atoms with Crippen LogP contribution in [0.5, 0.6) is 0 Å². The van der Waals surface area contributed by atoms with Gasteiger partial charge in [0.1, 0.15) is 5.82 Å². The summed E-state index contributed by atoms with van der Waals surface area (Å²) in [5.41, 5.74) is 1.57. The molecule has 5 nitrogen and oxygen atoms in total. The van der Waals surface area contributed by atoms with Crippen molar-refractivity contribution in [1.82, 2.24) is 14.5 Å². The summed E-state index contributed by atoms with van der Waals surface area (Å²) in [6.45, 7) is 2.11. The summed E-state index contributed by atoms with van der Waals surface area (Å²) in [6.07, 6.45) is 2.67. The molecule has 0 aliphatic carbocycles. The number of benzene rings is 1. The molecule has 0 atom stereocenters. The minimum absolute atomic E-state index is 0.264. The number of carbonyl (C=O) groups is 1. The van der Waals surface area contributed by atoms with Gasteiger partial charge in [0.2, 0.25) is 0 Å². The Morgan fingerprint density at radius 3 is 3.08 bits per heavy atom. The summed E-state index contributed by atoms with van der Waals surface area (Å²) in [7, 11) is 2.06. The fourth-order valence-corrected chi connectivity index (χ4v) is 4.67. The van der Waals surface area contributed by atoms with Crippen molar-refractivity contribution >= 4 is 28.6 Å². The first kappa shape index (κ1) is 17.3. The highest BCUT2D eigenvalue weighted by Crippen LogP contribution is 2.24. The quantitative estimate of drug-likeness (QED) is 0.693. The number of halogens is 1. The molecule has 1 aromatic carbocycles. The highest BCUT2D eigenvalue weighted by molar-refractivity contribution is 7.13. The number of rotatable bonds is 3. The third-order valence-electron chi connectivity index (χ3n) is 4.26. The van der Waals surface area contributed by atoms with Crippen LogP contribution in [-0.4, -0.2) is 34.0 Å². The first-order valence-corrected chi connectivity index (χ1v) is 9.93. The van der Waals surface area contributed by atoms with Crippen molar-refractivity contribution in [3.8, 4) is 0 Å². The third kappa shape index (κ3) is 3.53. The second-order valence-corrected chi connectivity index (χ2v) is 8.16. The predicted molar refractivity (Wildman–Crippen MR) is 99.9 cm³/mol. The Balaban J connectivity index is 1.60. The van der Waals surface area contributed by atoms with Crippen LogP contribution in [0.1, 0.15) is 25.9 Å². The molecule has 0 spiro atoms. The molecule has 0 N–H and O–H groups in total.